The van der Waals surface area contributed by atoms with Crippen LogP contribution in [0.1, 0.15) is 207 Å². The largest absolute Gasteiger partial charge is 0.477 e. The first-order chi connectivity index (χ1) is 39.4. The first-order valence-electron chi connectivity index (χ1n) is 31.0. The normalized spacial score (nSPS) is 30.2. The lowest BCUT2D eigenvalue weighted by atomic mass is 9.88. The Kier molecular flexibility index (Phi) is 37.4. The third-order valence-corrected chi connectivity index (χ3v) is 16.0. The molecular formula is C59H108N2O21. The van der Waals surface area contributed by atoms with Crippen LogP contribution in [0.3, 0.4) is 0 Å². The second kappa shape index (κ2) is 41.5. The van der Waals surface area contributed by atoms with Crippen molar-refractivity contribution in [2.24, 2.45) is 0 Å². The number of hydrogen-bond donors (Lipinski definition) is 14. The lowest BCUT2D eigenvalue weighted by Gasteiger charge is -2.50. The van der Waals surface area contributed by atoms with E-state index >= 15 is 0 Å². The molecule has 82 heavy (non-hydrogen) atoms. The number of rotatable bonds is 45. The summed E-state index contributed by atoms with van der Waals surface area (Å²) in [5.41, 5.74) is 0. The van der Waals surface area contributed by atoms with Crippen molar-refractivity contribution in [3.8, 4) is 0 Å². The van der Waals surface area contributed by atoms with Crippen molar-refractivity contribution in [3.63, 3.8) is 0 Å². The molecule has 0 aromatic carbocycles. The molecule has 14 N–H and O–H groups in total. The molecule has 480 valence electrons. The summed E-state index contributed by atoms with van der Waals surface area (Å²) < 4.78 is 34.7. The second-order valence-corrected chi connectivity index (χ2v) is 22.9. The van der Waals surface area contributed by atoms with Crippen LogP contribution in [0.2, 0.25) is 0 Å². The standard InChI is InChI=1S/C59H108N2O21/c1-4-6-8-10-12-14-16-18-19-21-23-25-27-29-31-33-46(69)61-40(41(66)32-30-28-26-24-22-20-17-15-13-11-9-7-5-2)38-77-56-51(73)50(72)53(45(37-64)79-56)80-57-52(74)55(49(71)44(36-63)78-57)82-59(58(75)76)34-42(67)47(60-39(3)65)54(81-59)48(70)43(68)35-62/h14,16,40-45,47-57,62-64,66-68,70-74H,4-13,15,17-38H2,1-3H3,(H,60,65)(H,61,69)(H,75,76)/b16-14-/t40-,41+,42-,43+,44+,45+,47+,48+,49-,50+,51+,52+,53+,54?,55-,56+,57-,59-/m0/s1. The maximum Gasteiger partial charge on any atom is 0.364 e. The van der Waals surface area contributed by atoms with E-state index in [9.17, 15) is 75.7 Å². The Morgan fingerprint density at radius 2 is 1.13 bits per heavy atom. The van der Waals surface area contributed by atoms with E-state index in [1.54, 1.807) is 0 Å². The van der Waals surface area contributed by atoms with Crippen LogP contribution in [0.25, 0.3) is 0 Å². The molecule has 0 aliphatic carbocycles. The van der Waals surface area contributed by atoms with Gasteiger partial charge in [-0.2, -0.15) is 0 Å². The van der Waals surface area contributed by atoms with Gasteiger partial charge >= 0.3 is 5.97 Å². The number of unbranched alkanes of at least 4 members (excludes halogenated alkanes) is 23. The molecule has 3 aliphatic rings. The van der Waals surface area contributed by atoms with Crippen LogP contribution in [0, 0.1) is 0 Å². The van der Waals surface area contributed by atoms with Gasteiger partial charge in [0.2, 0.25) is 11.8 Å². The average Bonchev–Trinajstić information content (AvgIpc) is 3.03. The minimum atomic E-state index is -3.08. The van der Waals surface area contributed by atoms with Gasteiger partial charge in [0, 0.05) is 19.8 Å². The molecule has 23 heteroatoms. The van der Waals surface area contributed by atoms with Gasteiger partial charge in [-0.05, 0) is 38.5 Å². The summed E-state index contributed by atoms with van der Waals surface area (Å²) in [5, 5.41) is 136. The third kappa shape index (κ3) is 25.4. The number of ether oxygens (including phenoxy) is 6. The zero-order chi connectivity index (χ0) is 60.5. The van der Waals surface area contributed by atoms with Crippen molar-refractivity contribution in [1.82, 2.24) is 10.6 Å². The number of carboxylic acid groups (broad SMARTS) is 1. The van der Waals surface area contributed by atoms with E-state index in [2.05, 4.69) is 36.6 Å². The zero-order valence-electron chi connectivity index (χ0n) is 49.3. The highest BCUT2D eigenvalue weighted by atomic mass is 16.8. The summed E-state index contributed by atoms with van der Waals surface area (Å²) in [4.78, 5) is 38.4. The van der Waals surface area contributed by atoms with E-state index < -0.39 is 148 Å². The molecule has 23 nitrogen and oxygen atoms in total. The van der Waals surface area contributed by atoms with Crippen LogP contribution in [0.4, 0.5) is 0 Å². The molecule has 3 aliphatic heterocycles. The summed E-state index contributed by atoms with van der Waals surface area (Å²) in [7, 11) is 0. The average molecular weight is 1180 g/mol. The first-order valence-corrected chi connectivity index (χ1v) is 31.0. The van der Waals surface area contributed by atoms with Gasteiger partial charge in [-0.15, -0.1) is 0 Å². The summed E-state index contributed by atoms with van der Waals surface area (Å²) >= 11 is 0. The SMILES string of the molecule is CCCCCC/C=C\CCCCCCCCCC(=O)N[C@@H](CO[C@@H]1O[C@H](CO)[C@@H](O[C@@H]2O[C@H](CO)[C@H](O)[C@H](O[C@]3(C(=O)O)C[C@H](O)[C@@H](NC(C)=O)C([C@H](O)[C@H](O)CO)O3)[C@H]2O)[C@H](O)[C@H]1O)[C@H](O)CCCCCCCCCCCCCCC. The summed E-state index contributed by atoms with van der Waals surface area (Å²) in [5.74, 6) is -6.11. The van der Waals surface area contributed by atoms with Crippen LogP contribution >= 0.6 is 0 Å². The molecule has 0 aromatic heterocycles. The number of allylic oxidation sites excluding steroid dienone is 2. The van der Waals surface area contributed by atoms with Crippen LogP contribution in [0.15, 0.2) is 12.2 Å². The molecule has 3 saturated heterocycles. The molecule has 3 rings (SSSR count). The van der Waals surface area contributed by atoms with Crippen LogP contribution in [-0.4, -0.2) is 215 Å². The number of hydrogen-bond acceptors (Lipinski definition) is 20. The van der Waals surface area contributed by atoms with Crippen molar-refractivity contribution in [3.05, 3.63) is 12.2 Å². The molecule has 2 amide bonds. The van der Waals surface area contributed by atoms with Gasteiger partial charge in [-0.1, -0.05) is 161 Å². The predicted molar refractivity (Wildman–Crippen MR) is 301 cm³/mol. The van der Waals surface area contributed by atoms with Gasteiger partial charge < -0.3 is 100 Å². The Morgan fingerprint density at radius 1 is 0.622 bits per heavy atom. The lowest BCUT2D eigenvalue weighted by Crippen LogP contribution is -2.70. The van der Waals surface area contributed by atoms with E-state index in [0.717, 1.165) is 84.0 Å². The Bertz CT molecular complexity index is 1740. The Hall–Kier alpha value is -2.53. The second-order valence-electron chi connectivity index (χ2n) is 22.9. The fourth-order valence-electron chi connectivity index (χ4n) is 10.9. The number of aliphatic hydroxyl groups excluding tert-OH is 11. The smallest absolute Gasteiger partial charge is 0.364 e. The highest BCUT2D eigenvalue weighted by Gasteiger charge is 2.60. The lowest BCUT2D eigenvalue weighted by molar-refractivity contribution is -0.386. The van der Waals surface area contributed by atoms with Gasteiger partial charge in [-0.3, -0.25) is 9.59 Å². The molecule has 0 aromatic rings. The van der Waals surface area contributed by atoms with Crippen LogP contribution < -0.4 is 10.6 Å². The van der Waals surface area contributed by atoms with E-state index in [1.165, 1.54) is 77.0 Å². The molecule has 0 bridgehead atoms. The van der Waals surface area contributed by atoms with Crippen molar-refractivity contribution >= 4 is 17.8 Å². The monoisotopic (exact) mass is 1180 g/mol. The van der Waals surface area contributed by atoms with E-state index in [1.807, 2.05) is 0 Å². The Balaban J connectivity index is 1.66. The van der Waals surface area contributed by atoms with Gasteiger partial charge in [0.15, 0.2) is 12.6 Å². The number of carbonyl (C=O) groups is 3. The van der Waals surface area contributed by atoms with Gasteiger partial charge in [0.1, 0.15) is 67.1 Å². The number of carbonyl (C=O) groups excluding carboxylic acids is 2. The highest BCUT2D eigenvalue weighted by molar-refractivity contribution is 5.77. The molecule has 0 saturated carbocycles. The Morgan fingerprint density at radius 3 is 1.66 bits per heavy atom. The molecular weight excluding hydrogens is 1070 g/mol. The minimum absolute atomic E-state index is 0.219. The number of carboxylic acids is 1. The summed E-state index contributed by atoms with van der Waals surface area (Å²) in [6, 6.07) is -2.53. The van der Waals surface area contributed by atoms with Gasteiger partial charge in [0.25, 0.3) is 5.79 Å². The summed E-state index contributed by atoms with van der Waals surface area (Å²) in [6.07, 6.45) is 5.19. The maximum atomic E-state index is 13.4. The number of aliphatic carboxylic acids is 1. The van der Waals surface area contributed by atoms with Crippen molar-refractivity contribution in [2.45, 2.75) is 317 Å². The van der Waals surface area contributed by atoms with E-state index in [4.69, 9.17) is 28.4 Å². The number of nitrogens with one attached hydrogen (secondary N) is 2. The molecule has 3 heterocycles. The molecule has 0 spiro atoms. The van der Waals surface area contributed by atoms with Crippen LogP contribution in [0.5, 0.6) is 0 Å². The fourth-order valence-corrected chi connectivity index (χ4v) is 10.9. The molecule has 18 atom stereocenters. The van der Waals surface area contributed by atoms with Gasteiger partial charge in [-0.25, -0.2) is 4.79 Å². The van der Waals surface area contributed by atoms with Crippen molar-refractivity contribution < 1.29 is 104 Å². The van der Waals surface area contributed by atoms with E-state index in [0.29, 0.717) is 19.3 Å². The third-order valence-electron chi connectivity index (χ3n) is 16.0. The van der Waals surface area contributed by atoms with Crippen LogP contribution in [-0.2, 0) is 42.8 Å². The number of amides is 2. The topological polar surface area (TPSA) is 373 Å². The fraction of sp³-hybridized carbons (Fsp3) is 0.915. The number of aliphatic hydroxyl groups is 11. The molecule has 3 fully saturated rings. The molecule has 1 unspecified atom stereocenters. The highest BCUT2D eigenvalue weighted by Crippen LogP contribution is 2.38. The zero-order valence-corrected chi connectivity index (χ0v) is 49.3. The Labute approximate surface area is 486 Å². The van der Waals surface area contributed by atoms with Crippen molar-refractivity contribution in [2.75, 3.05) is 26.4 Å². The molecule has 0 radical (unpaired) electrons. The van der Waals surface area contributed by atoms with Crippen molar-refractivity contribution in [1.29, 1.82) is 0 Å². The quantitative estimate of drug-likeness (QED) is 0.0307. The first kappa shape index (κ1) is 73.7. The maximum absolute atomic E-state index is 13.4. The van der Waals surface area contributed by atoms with E-state index in [-0.39, 0.29) is 18.9 Å². The minimum Gasteiger partial charge on any atom is -0.477 e. The predicted octanol–water partition coefficient (Wildman–Crippen LogP) is 3.17. The summed E-state index contributed by atoms with van der Waals surface area (Å²) in [6.45, 7) is 2.15. The van der Waals surface area contributed by atoms with Gasteiger partial charge in [0.05, 0.1) is 50.7 Å².